The Balaban J connectivity index is 2.92. The maximum absolute atomic E-state index is 5.41. The number of rotatable bonds is 6. The van der Waals surface area contributed by atoms with Gasteiger partial charge in [-0.05, 0) is 74.9 Å². The fraction of sp³-hybridized carbons (Fsp3) is 0.600. The van der Waals surface area contributed by atoms with Crippen LogP contribution in [0.25, 0.3) is 0 Å². The number of nitrogens with zero attached hydrogens (tertiary/aromatic N) is 1. The Morgan fingerprint density at radius 2 is 1.89 bits per heavy atom. The molecule has 0 aliphatic rings. The quantitative estimate of drug-likeness (QED) is 0.793. The van der Waals surface area contributed by atoms with Gasteiger partial charge in [0.1, 0.15) is 5.75 Å². The van der Waals surface area contributed by atoms with Crippen LogP contribution in [0.3, 0.4) is 0 Å². The van der Waals surface area contributed by atoms with Gasteiger partial charge in [0.05, 0.1) is 7.11 Å². The summed E-state index contributed by atoms with van der Waals surface area (Å²) in [5, 5.41) is 0. The van der Waals surface area contributed by atoms with Gasteiger partial charge in [0.2, 0.25) is 0 Å². The molecule has 0 saturated carbocycles. The second-order valence-electron chi connectivity index (χ2n) is 4.94. The van der Waals surface area contributed by atoms with Gasteiger partial charge in [0.25, 0.3) is 0 Å². The Morgan fingerprint density at radius 1 is 1.22 bits per heavy atom. The largest absolute Gasteiger partial charge is 0.496 e. The molecule has 0 amide bonds. The predicted octanol–water partition coefficient (Wildman–Crippen LogP) is 3.37. The zero-order chi connectivity index (χ0) is 13.7. The third kappa shape index (κ3) is 3.66. The van der Waals surface area contributed by atoms with Gasteiger partial charge in [-0.1, -0.05) is 0 Å². The normalized spacial score (nSPS) is 11.1. The molecule has 0 aliphatic heterocycles. The monoisotopic (exact) mass is 267 g/mol. The van der Waals surface area contributed by atoms with Crippen molar-refractivity contribution in [1.82, 2.24) is 4.90 Å². The van der Waals surface area contributed by atoms with E-state index in [1.807, 2.05) is 0 Å². The molecule has 102 valence electrons. The Labute approximate surface area is 117 Å². The van der Waals surface area contributed by atoms with Crippen molar-refractivity contribution in [2.75, 3.05) is 26.5 Å². The van der Waals surface area contributed by atoms with Crippen LogP contribution < -0.4 is 4.74 Å². The topological polar surface area (TPSA) is 12.5 Å². The fourth-order valence-electron chi connectivity index (χ4n) is 2.24. The predicted molar refractivity (Wildman–Crippen MR) is 82.0 cm³/mol. The van der Waals surface area contributed by atoms with Crippen LogP contribution in [0.5, 0.6) is 5.75 Å². The van der Waals surface area contributed by atoms with Crippen LogP contribution in [-0.4, -0.2) is 31.4 Å². The van der Waals surface area contributed by atoms with Crippen molar-refractivity contribution in [3.63, 3.8) is 0 Å². The summed E-state index contributed by atoms with van der Waals surface area (Å²) in [5.41, 5.74) is 5.34. The molecule has 0 radical (unpaired) electrons. The zero-order valence-electron chi connectivity index (χ0n) is 12.2. The summed E-state index contributed by atoms with van der Waals surface area (Å²) in [5.74, 6) is 1.94. The molecule has 1 rings (SSSR count). The van der Waals surface area contributed by atoms with Crippen LogP contribution in [0.4, 0.5) is 0 Å². The van der Waals surface area contributed by atoms with Crippen molar-refractivity contribution in [3.05, 3.63) is 28.3 Å². The van der Waals surface area contributed by atoms with Crippen LogP contribution >= 0.6 is 12.6 Å². The van der Waals surface area contributed by atoms with Gasteiger partial charge in [0, 0.05) is 6.54 Å². The van der Waals surface area contributed by atoms with Gasteiger partial charge in [0.15, 0.2) is 0 Å². The maximum atomic E-state index is 5.41. The van der Waals surface area contributed by atoms with E-state index in [-0.39, 0.29) is 0 Å². The summed E-state index contributed by atoms with van der Waals surface area (Å²) in [6.45, 7) is 8.57. The van der Waals surface area contributed by atoms with Crippen molar-refractivity contribution < 1.29 is 4.74 Å². The van der Waals surface area contributed by atoms with E-state index in [1.165, 1.54) is 22.3 Å². The minimum atomic E-state index is 0.948. The van der Waals surface area contributed by atoms with Crippen molar-refractivity contribution in [2.45, 2.75) is 33.7 Å². The zero-order valence-corrected chi connectivity index (χ0v) is 13.1. The molecule has 18 heavy (non-hydrogen) atoms. The number of benzene rings is 1. The number of hydrogen-bond donors (Lipinski definition) is 1. The van der Waals surface area contributed by atoms with E-state index < -0.39 is 0 Å². The van der Waals surface area contributed by atoms with Crippen LogP contribution in [-0.2, 0) is 6.54 Å². The average molecular weight is 267 g/mol. The first-order chi connectivity index (χ1) is 8.51. The molecule has 0 spiro atoms. The van der Waals surface area contributed by atoms with Crippen molar-refractivity contribution >= 4 is 12.6 Å². The summed E-state index contributed by atoms with van der Waals surface area (Å²) in [6.07, 6.45) is 1.13. The van der Waals surface area contributed by atoms with Crippen LogP contribution in [0, 0.1) is 20.8 Å². The summed E-state index contributed by atoms with van der Waals surface area (Å²) >= 11 is 4.26. The third-order valence-electron chi connectivity index (χ3n) is 3.55. The lowest BCUT2D eigenvalue weighted by molar-refractivity contribution is 0.327. The SMILES string of the molecule is COc1cc(C)c(CN(C)CCCS)c(C)c1C. The molecule has 1 aromatic rings. The molecule has 0 fully saturated rings. The smallest absolute Gasteiger partial charge is 0.122 e. The molecule has 0 bridgehead atoms. The van der Waals surface area contributed by atoms with Gasteiger partial charge in [-0.15, -0.1) is 0 Å². The van der Waals surface area contributed by atoms with Gasteiger partial charge >= 0.3 is 0 Å². The van der Waals surface area contributed by atoms with Gasteiger partial charge < -0.3 is 9.64 Å². The average Bonchev–Trinajstić information content (AvgIpc) is 2.36. The van der Waals surface area contributed by atoms with Gasteiger partial charge in [-0.2, -0.15) is 12.6 Å². The standard InChI is InChI=1S/C15H25NOS/c1-11-9-15(17-5)13(3)12(2)14(11)10-16(4)7-6-8-18/h9,18H,6-8,10H2,1-5H3. The molecule has 1 aromatic carbocycles. The minimum Gasteiger partial charge on any atom is -0.496 e. The number of thiol groups is 1. The number of hydrogen-bond acceptors (Lipinski definition) is 3. The van der Waals surface area contributed by atoms with E-state index in [2.05, 4.69) is 51.4 Å². The number of ether oxygens (including phenoxy) is 1. The van der Waals surface area contributed by atoms with Crippen LogP contribution in [0.2, 0.25) is 0 Å². The van der Waals surface area contributed by atoms with Crippen LogP contribution in [0.15, 0.2) is 6.07 Å². The lowest BCUT2D eigenvalue weighted by Crippen LogP contribution is -2.21. The molecule has 2 nitrogen and oxygen atoms in total. The molecule has 3 heteroatoms. The van der Waals surface area contributed by atoms with E-state index >= 15 is 0 Å². The van der Waals surface area contributed by atoms with E-state index in [9.17, 15) is 0 Å². The molecular formula is C15H25NOS. The van der Waals surface area contributed by atoms with Crippen LogP contribution in [0.1, 0.15) is 28.7 Å². The molecule has 0 atom stereocenters. The second-order valence-corrected chi connectivity index (χ2v) is 5.39. The lowest BCUT2D eigenvalue weighted by Gasteiger charge is -2.21. The van der Waals surface area contributed by atoms with E-state index in [1.54, 1.807) is 7.11 Å². The first-order valence-electron chi connectivity index (χ1n) is 6.44. The second kappa shape index (κ2) is 7.05. The van der Waals surface area contributed by atoms with E-state index in [0.29, 0.717) is 0 Å². The lowest BCUT2D eigenvalue weighted by atomic mass is 9.97. The van der Waals surface area contributed by atoms with E-state index in [0.717, 1.165) is 31.0 Å². The van der Waals surface area contributed by atoms with E-state index in [4.69, 9.17) is 4.74 Å². The summed E-state index contributed by atoms with van der Waals surface area (Å²) < 4.78 is 5.41. The Hall–Kier alpha value is -0.670. The molecule has 0 N–H and O–H groups in total. The van der Waals surface area contributed by atoms with Gasteiger partial charge in [-0.3, -0.25) is 0 Å². The molecule has 0 aliphatic carbocycles. The summed E-state index contributed by atoms with van der Waals surface area (Å²) in [6, 6.07) is 2.14. The highest BCUT2D eigenvalue weighted by atomic mass is 32.1. The Bertz CT molecular complexity index is 404. The van der Waals surface area contributed by atoms with Crippen molar-refractivity contribution in [1.29, 1.82) is 0 Å². The Morgan fingerprint density at radius 3 is 2.44 bits per heavy atom. The highest BCUT2D eigenvalue weighted by Gasteiger charge is 2.12. The fourth-order valence-corrected chi connectivity index (χ4v) is 2.39. The van der Waals surface area contributed by atoms with Crippen molar-refractivity contribution in [2.24, 2.45) is 0 Å². The molecule has 0 unspecified atom stereocenters. The van der Waals surface area contributed by atoms with Crippen molar-refractivity contribution in [3.8, 4) is 5.75 Å². The molecule has 0 saturated heterocycles. The molecular weight excluding hydrogens is 242 g/mol. The Kier molecular flexibility index (Phi) is 6.03. The first kappa shape index (κ1) is 15.4. The highest BCUT2D eigenvalue weighted by molar-refractivity contribution is 7.80. The summed E-state index contributed by atoms with van der Waals surface area (Å²) in [4.78, 5) is 2.36. The summed E-state index contributed by atoms with van der Waals surface area (Å²) in [7, 11) is 3.90. The molecule has 0 aromatic heterocycles. The number of methoxy groups -OCH3 is 1. The maximum Gasteiger partial charge on any atom is 0.122 e. The minimum absolute atomic E-state index is 0.948. The first-order valence-corrected chi connectivity index (χ1v) is 7.07. The molecule has 0 heterocycles. The third-order valence-corrected chi connectivity index (χ3v) is 3.87. The van der Waals surface area contributed by atoms with Gasteiger partial charge in [-0.25, -0.2) is 0 Å². The highest BCUT2D eigenvalue weighted by Crippen LogP contribution is 2.28. The number of aryl methyl sites for hydroxylation is 1.